The largest absolute Gasteiger partial charge is 0.497 e. The van der Waals surface area contributed by atoms with Gasteiger partial charge in [0.05, 0.1) is 13.0 Å². The Kier molecular flexibility index (Phi) is 6.53. The molecule has 0 aliphatic carbocycles. The van der Waals surface area contributed by atoms with Crippen LogP contribution in [0.4, 0.5) is 4.79 Å². The lowest BCUT2D eigenvalue weighted by molar-refractivity contribution is -0.150. The molecule has 1 aliphatic heterocycles. The summed E-state index contributed by atoms with van der Waals surface area (Å²) in [4.78, 5) is 26.4. The number of benzene rings is 2. The number of amides is 1. The fraction of sp³-hybridized carbons (Fsp3) is 0.364. The first-order valence-electron chi connectivity index (χ1n) is 9.32. The fourth-order valence-corrected chi connectivity index (χ4v) is 3.22. The van der Waals surface area contributed by atoms with E-state index in [1.54, 1.807) is 12.0 Å². The van der Waals surface area contributed by atoms with E-state index in [0.29, 0.717) is 13.1 Å². The summed E-state index contributed by atoms with van der Waals surface area (Å²) in [5, 5.41) is 0. The van der Waals surface area contributed by atoms with Crippen LogP contribution in [0, 0.1) is 11.8 Å². The first-order chi connectivity index (χ1) is 13.6. The number of methoxy groups -OCH3 is 1. The van der Waals surface area contributed by atoms with E-state index in [2.05, 4.69) is 0 Å². The molecule has 0 spiro atoms. The Morgan fingerprint density at radius 1 is 0.929 bits per heavy atom. The molecule has 1 amide bonds. The molecule has 6 nitrogen and oxygen atoms in total. The van der Waals surface area contributed by atoms with Gasteiger partial charge in [-0.1, -0.05) is 49.4 Å². The molecule has 3 rings (SSSR count). The zero-order chi connectivity index (χ0) is 19.9. The molecule has 2 aromatic rings. The van der Waals surface area contributed by atoms with Crippen LogP contribution in [0.3, 0.4) is 0 Å². The lowest BCUT2D eigenvalue weighted by Gasteiger charge is -2.16. The van der Waals surface area contributed by atoms with Gasteiger partial charge in [0.25, 0.3) is 0 Å². The molecule has 6 heteroatoms. The third-order valence-corrected chi connectivity index (χ3v) is 4.92. The van der Waals surface area contributed by atoms with Crippen molar-refractivity contribution in [2.45, 2.75) is 20.1 Å². The van der Waals surface area contributed by atoms with Crippen molar-refractivity contribution in [3.8, 4) is 5.75 Å². The second kappa shape index (κ2) is 9.26. The Morgan fingerprint density at radius 2 is 1.57 bits per heavy atom. The Labute approximate surface area is 165 Å². The zero-order valence-corrected chi connectivity index (χ0v) is 16.2. The quantitative estimate of drug-likeness (QED) is 0.713. The summed E-state index contributed by atoms with van der Waals surface area (Å²) in [5.41, 5.74) is 1.82. The van der Waals surface area contributed by atoms with Crippen LogP contribution in [0.15, 0.2) is 54.6 Å². The Morgan fingerprint density at radius 3 is 2.25 bits per heavy atom. The van der Waals surface area contributed by atoms with Crippen LogP contribution in [0.25, 0.3) is 0 Å². The van der Waals surface area contributed by atoms with Crippen molar-refractivity contribution in [2.75, 3.05) is 20.2 Å². The molecule has 0 aromatic heterocycles. The highest BCUT2D eigenvalue weighted by Crippen LogP contribution is 2.25. The number of carbonyl (C=O) groups excluding carboxylic acids is 2. The van der Waals surface area contributed by atoms with Crippen molar-refractivity contribution in [1.29, 1.82) is 0 Å². The summed E-state index contributed by atoms with van der Waals surface area (Å²) in [5.74, 6) is 0.140. The zero-order valence-electron chi connectivity index (χ0n) is 16.2. The summed E-state index contributed by atoms with van der Waals surface area (Å²) in [7, 11) is 1.60. The van der Waals surface area contributed by atoms with Crippen LogP contribution < -0.4 is 4.74 Å². The van der Waals surface area contributed by atoms with Gasteiger partial charge < -0.3 is 19.1 Å². The van der Waals surface area contributed by atoms with E-state index in [1.165, 1.54) is 0 Å². The van der Waals surface area contributed by atoms with Gasteiger partial charge in [-0.3, -0.25) is 4.79 Å². The molecule has 1 heterocycles. The van der Waals surface area contributed by atoms with Gasteiger partial charge >= 0.3 is 12.1 Å². The molecule has 0 N–H and O–H groups in total. The molecule has 2 aromatic carbocycles. The number of hydrogen-bond donors (Lipinski definition) is 0. The highest BCUT2D eigenvalue weighted by molar-refractivity contribution is 5.76. The summed E-state index contributed by atoms with van der Waals surface area (Å²) >= 11 is 0. The van der Waals surface area contributed by atoms with Gasteiger partial charge in [-0.05, 0) is 29.2 Å². The van der Waals surface area contributed by atoms with Gasteiger partial charge in [0.2, 0.25) is 0 Å². The third-order valence-electron chi connectivity index (χ3n) is 4.92. The van der Waals surface area contributed by atoms with E-state index in [4.69, 9.17) is 14.2 Å². The normalized spacial score (nSPS) is 18.6. The van der Waals surface area contributed by atoms with Crippen molar-refractivity contribution >= 4 is 12.1 Å². The number of esters is 1. The number of hydrogen-bond acceptors (Lipinski definition) is 5. The van der Waals surface area contributed by atoms with Crippen LogP contribution in [0.2, 0.25) is 0 Å². The Bertz CT molecular complexity index is 790. The van der Waals surface area contributed by atoms with E-state index in [-0.39, 0.29) is 31.0 Å². The molecule has 2 unspecified atom stereocenters. The maximum atomic E-state index is 12.5. The molecule has 28 heavy (non-hydrogen) atoms. The molecule has 1 aliphatic rings. The van der Waals surface area contributed by atoms with Crippen molar-refractivity contribution in [3.63, 3.8) is 0 Å². The maximum Gasteiger partial charge on any atom is 0.410 e. The van der Waals surface area contributed by atoms with Crippen molar-refractivity contribution in [2.24, 2.45) is 11.8 Å². The Balaban J connectivity index is 1.47. The first kappa shape index (κ1) is 19.7. The molecule has 1 fully saturated rings. The topological polar surface area (TPSA) is 65.1 Å². The predicted molar refractivity (Wildman–Crippen MR) is 104 cm³/mol. The number of carbonyl (C=O) groups is 2. The van der Waals surface area contributed by atoms with Crippen LogP contribution in [0.5, 0.6) is 5.75 Å². The van der Waals surface area contributed by atoms with Crippen molar-refractivity contribution < 1.29 is 23.8 Å². The minimum atomic E-state index is -0.402. The minimum absolute atomic E-state index is 0.0210. The highest BCUT2D eigenvalue weighted by Gasteiger charge is 2.38. The summed E-state index contributed by atoms with van der Waals surface area (Å²) in [6, 6.07) is 16.9. The van der Waals surface area contributed by atoms with Gasteiger partial charge in [-0.2, -0.15) is 0 Å². The molecule has 148 valence electrons. The van der Waals surface area contributed by atoms with Crippen molar-refractivity contribution in [1.82, 2.24) is 4.90 Å². The molecular weight excluding hydrogens is 358 g/mol. The Hall–Kier alpha value is -3.02. The number of nitrogens with zero attached hydrogens (tertiary/aromatic N) is 1. The summed E-state index contributed by atoms with van der Waals surface area (Å²) in [6.45, 7) is 3.16. The maximum absolute atomic E-state index is 12.5. The molecule has 1 saturated heterocycles. The third kappa shape index (κ3) is 5.03. The first-order valence-corrected chi connectivity index (χ1v) is 9.32. The van der Waals surface area contributed by atoms with Gasteiger partial charge in [-0.15, -0.1) is 0 Å². The monoisotopic (exact) mass is 383 g/mol. The van der Waals surface area contributed by atoms with Crippen LogP contribution in [-0.2, 0) is 27.5 Å². The van der Waals surface area contributed by atoms with E-state index in [0.717, 1.165) is 16.9 Å². The van der Waals surface area contributed by atoms with Crippen LogP contribution in [-0.4, -0.2) is 37.2 Å². The van der Waals surface area contributed by atoms with E-state index < -0.39 is 6.09 Å². The van der Waals surface area contributed by atoms with E-state index >= 15 is 0 Å². The van der Waals surface area contributed by atoms with Gasteiger partial charge in [0, 0.05) is 13.1 Å². The number of rotatable bonds is 6. The summed E-state index contributed by atoms with van der Waals surface area (Å²) in [6.07, 6.45) is -0.402. The average Bonchev–Trinajstić information content (AvgIpc) is 3.13. The molecular formula is C22H25NO5. The lowest BCUT2D eigenvalue weighted by atomic mass is 9.99. The molecule has 2 atom stereocenters. The second-order valence-corrected chi connectivity index (χ2v) is 6.98. The standard InChI is InChI=1S/C22H25NO5/c1-16-12-23(22(25)28-15-17-6-4-3-5-7-17)13-20(16)21(24)27-14-18-8-10-19(26-2)11-9-18/h3-11,16,20H,12-15H2,1-2H3. The van der Waals surface area contributed by atoms with E-state index in [1.807, 2.05) is 61.5 Å². The van der Waals surface area contributed by atoms with Crippen LogP contribution in [0.1, 0.15) is 18.1 Å². The molecule has 0 saturated carbocycles. The van der Waals surface area contributed by atoms with Crippen molar-refractivity contribution in [3.05, 3.63) is 65.7 Å². The smallest absolute Gasteiger partial charge is 0.410 e. The SMILES string of the molecule is COc1ccc(COC(=O)C2CN(C(=O)OCc3ccccc3)CC2C)cc1. The predicted octanol–water partition coefficient (Wildman–Crippen LogP) is 3.64. The lowest BCUT2D eigenvalue weighted by Crippen LogP contribution is -2.30. The van der Waals surface area contributed by atoms with Crippen LogP contribution >= 0.6 is 0 Å². The van der Waals surface area contributed by atoms with Gasteiger partial charge in [0.1, 0.15) is 19.0 Å². The van der Waals surface area contributed by atoms with E-state index in [9.17, 15) is 9.59 Å². The number of likely N-dealkylation sites (tertiary alicyclic amines) is 1. The minimum Gasteiger partial charge on any atom is -0.497 e. The number of ether oxygens (including phenoxy) is 3. The fourth-order valence-electron chi connectivity index (χ4n) is 3.22. The molecule has 0 bridgehead atoms. The highest BCUT2D eigenvalue weighted by atomic mass is 16.6. The van der Waals surface area contributed by atoms with Gasteiger partial charge in [0.15, 0.2) is 0 Å². The second-order valence-electron chi connectivity index (χ2n) is 6.98. The van der Waals surface area contributed by atoms with Gasteiger partial charge in [-0.25, -0.2) is 4.79 Å². The average molecular weight is 383 g/mol. The molecule has 0 radical (unpaired) electrons. The summed E-state index contributed by atoms with van der Waals surface area (Å²) < 4.78 is 15.9.